The van der Waals surface area contributed by atoms with Crippen LogP contribution in [0.15, 0.2) is 82.6 Å². The van der Waals surface area contributed by atoms with Gasteiger partial charge in [-0.2, -0.15) is 0 Å². The highest BCUT2D eigenvalue weighted by molar-refractivity contribution is 7.99. The molecule has 4 aromatic rings. The summed E-state index contributed by atoms with van der Waals surface area (Å²) in [6.45, 7) is 2.03. The molecule has 140 valence electrons. The molecular formula is C21H18N4O2S. The lowest BCUT2D eigenvalue weighted by Crippen LogP contribution is -2.14. The van der Waals surface area contributed by atoms with Crippen molar-refractivity contribution in [2.24, 2.45) is 0 Å². The van der Waals surface area contributed by atoms with Crippen LogP contribution in [-0.2, 0) is 4.79 Å². The van der Waals surface area contributed by atoms with Crippen molar-refractivity contribution in [2.75, 3.05) is 11.1 Å². The topological polar surface area (TPSA) is 73.0 Å². The average Bonchev–Trinajstić information content (AvgIpc) is 3.37. The standard InChI is InChI=1S/C21H18N4O2S/c1-15-9-11-17(12-10-15)25-20(18-8-5-13-27-18)23-24-21(25)28-14-19(26)22-16-6-3-2-4-7-16/h2-13H,14H2,1H3,(H,22,26). The summed E-state index contributed by atoms with van der Waals surface area (Å²) in [6.07, 6.45) is 1.60. The van der Waals surface area contributed by atoms with E-state index in [0.717, 1.165) is 16.9 Å². The number of anilines is 1. The molecule has 0 aliphatic heterocycles. The van der Waals surface area contributed by atoms with Gasteiger partial charge >= 0.3 is 0 Å². The lowest BCUT2D eigenvalue weighted by Gasteiger charge is -2.10. The number of carbonyl (C=O) groups is 1. The molecule has 2 aromatic heterocycles. The third kappa shape index (κ3) is 3.99. The van der Waals surface area contributed by atoms with Gasteiger partial charge in [0.1, 0.15) is 0 Å². The fourth-order valence-electron chi connectivity index (χ4n) is 2.70. The minimum Gasteiger partial charge on any atom is -0.461 e. The first-order valence-corrected chi connectivity index (χ1v) is 9.73. The van der Waals surface area contributed by atoms with Crippen LogP contribution >= 0.6 is 11.8 Å². The van der Waals surface area contributed by atoms with Gasteiger partial charge in [0.25, 0.3) is 0 Å². The van der Waals surface area contributed by atoms with Crippen molar-refractivity contribution in [1.29, 1.82) is 0 Å². The number of hydrogen-bond donors (Lipinski definition) is 1. The van der Waals surface area contributed by atoms with Gasteiger partial charge in [0.05, 0.1) is 12.0 Å². The number of rotatable bonds is 6. The van der Waals surface area contributed by atoms with Crippen molar-refractivity contribution in [3.63, 3.8) is 0 Å². The van der Waals surface area contributed by atoms with Crippen LogP contribution < -0.4 is 5.32 Å². The second-order valence-electron chi connectivity index (χ2n) is 6.16. The Hall–Kier alpha value is -3.32. The Morgan fingerprint density at radius 2 is 1.82 bits per heavy atom. The summed E-state index contributed by atoms with van der Waals surface area (Å²) in [5.41, 5.74) is 2.84. The second kappa shape index (κ2) is 8.14. The van der Waals surface area contributed by atoms with E-state index < -0.39 is 0 Å². The van der Waals surface area contributed by atoms with E-state index in [0.29, 0.717) is 16.7 Å². The van der Waals surface area contributed by atoms with E-state index in [4.69, 9.17) is 4.42 Å². The Kier molecular flexibility index (Phi) is 5.25. The van der Waals surface area contributed by atoms with E-state index in [1.54, 1.807) is 6.26 Å². The molecule has 6 nitrogen and oxygen atoms in total. The number of amides is 1. The number of hydrogen-bond acceptors (Lipinski definition) is 5. The molecule has 1 amide bonds. The summed E-state index contributed by atoms with van der Waals surface area (Å²) >= 11 is 1.33. The third-order valence-electron chi connectivity index (χ3n) is 4.06. The molecule has 0 aliphatic carbocycles. The van der Waals surface area contributed by atoms with Gasteiger partial charge in [0.2, 0.25) is 11.7 Å². The lowest BCUT2D eigenvalue weighted by molar-refractivity contribution is -0.113. The number of aromatic nitrogens is 3. The lowest BCUT2D eigenvalue weighted by atomic mass is 10.2. The van der Waals surface area contributed by atoms with Crippen LogP contribution in [0.4, 0.5) is 5.69 Å². The van der Waals surface area contributed by atoms with Crippen molar-refractivity contribution in [3.05, 3.63) is 78.6 Å². The van der Waals surface area contributed by atoms with E-state index in [1.807, 2.05) is 78.2 Å². The molecule has 0 radical (unpaired) electrons. The summed E-state index contributed by atoms with van der Waals surface area (Å²) < 4.78 is 7.41. The van der Waals surface area contributed by atoms with Crippen LogP contribution in [0.25, 0.3) is 17.3 Å². The molecular weight excluding hydrogens is 372 g/mol. The van der Waals surface area contributed by atoms with Crippen molar-refractivity contribution in [2.45, 2.75) is 12.1 Å². The van der Waals surface area contributed by atoms with E-state index in [9.17, 15) is 4.79 Å². The number of aryl methyl sites for hydroxylation is 1. The van der Waals surface area contributed by atoms with Gasteiger partial charge < -0.3 is 9.73 Å². The summed E-state index contributed by atoms with van der Waals surface area (Å²) in [4.78, 5) is 12.3. The smallest absolute Gasteiger partial charge is 0.234 e. The van der Waals surface area contributed by atoms with Gasteiger partial charge in [0, 0.05) is 11.4 Å². The SMILES string of the molecule is Cc1ccc(-n2c(SCC(=O)Nc3ccccc3)nnc2-c2ccco2)cc1. The van der Waals surface area contributed by atoms with E-state index in [-0.39, 0.29) is 11.7 Å². The van der Waals surface area contributed by atoms with E-state index >= 15 is 0 Å². The zero-order valence-corrected chi connectivity index (χ0v) is 16.0. The molecule has 0 atom stereocenters. The third-order valence-corrected chi connectivity index (χ3v) is 4.99. The molecule has 0 saturated carbocycles. The molecule has 0 spiro atoms. The zero-order valence-electron chi connectivity index (χ0n) is 15.2. The molecule has 1 N–H and O–H groups in total. The quantitative estimate of drug-likeness (QED) is 0.488. The monoisotopic (exact) mass is 390 g/mol. The molecule has 0 aliphatic rings. The van der Waals surface area contributed by atoms with E-state index in [1.165, 1.54) is 11.8 Å². The highest BCUT2D eigenvalue weighted by Gasteiger charge is 2.19. The molecule has 4 rings (SSSR count). The van der Waals surface area contributed by atoms with Crippen LogP contribution in [0.5, 0.6) is 0 Å². The minimum atomic E-state index is -0.103. The number of thioether (sulfide) groups is 1. The number of nitrogens with zero attached hydrogens (tertiary/aromatic N) is 3. The summed E-state index contributed by atoms with van der Waals surface area (Å²) in [6, 6.07) is 21.1. The molecule has 0 unspecified atom stereocenters. The Labute approximate surface area is 166 Å². The number of furan rings is 1. The van der Waals surface area contributed by atoms with Crippen molar-refractivity contribution in [3.8, 4) is 17.3 Å². The Bertz CT molecular complexity index is 1060. The van der Waals surface area contributed by atoms with Gasteiger partial charge in [-0.3, -0.25) is 9.36 Å². The summed E-state index contributed by atoms with van der Waals surface area (Å²) in [5.74, 6) is 1.33. The van der Waals surface area contributed by atoms with Gasteiger partial charge in [-0.1, -0.05) is 47.7 Å². The molecule has 0 fully saturated rings. The van der Waals surface area contributed by atoms with E-state index in [2.05, 4.69) is 15.5 Å². The van der Waals surface area contributed by atoms with Gasteiger partial charge in [-0.15, -0.1) is 10.2 Å². The van der Waals surface area contributed by atoms with Crippen LogP contribution in [0.2, 0.25) is 0 Å². The van der Waals surface area contributed by atoms with Crippen LogP contribution in [0, 0.1) is 6.92 Å². The zero-order chi connectivity index (χ0) is 19.3. The van der Waals surface area contributed by atoms with Gasteiger partial charge in [-0.25, -0.2) is 0 Å². The molecule has 2 aromatic carbocycles. The first-order chi connectivity index (χ1) is 13.7. The van der Waals surface area contributed by atoms with Crippen LogP contribution in [0.3, 0.4) is 0 Å². The fraction of sp³-hybridized carbons (Fsp3) is 0.0952. The largest absolute Gasteiger partial charge is 0.461 e. The number of benzene rings is 2. The highest BCUT2D eigenvalue weighted by Crippen LogP contribution is 2.28. The first kappa shape index (κ1) is 18.1. The average molecular weight is 390 g/mol. The van der Waals surface area contributed by atoms with Crippen LogP contribution in [-0.4, -0.2) is 26.4 Å². The molecule has 28 heavy (non-hydrogen) atoms. The normalized spacial score (nSPS) is 10.8. The first-order valence-electron chi connectivity index (χ1n) is 8.75. The number of carbonyl (C=O) groups excluding carboxylic acids is 1. The Morgan fingerprint density at radius 3 is 2.54 bits per heavy atom. The van der Waals surface area contributed by atoms with Crippen LogP contribution in [0.1, 0.15) is 5.56 Å². The maximum absolute atomic E-state index is 12.3. The maximum Gasteiger partial charge on any atom is 0.234 e. The Morgan fingerprint density at radius 1 is 1.04 bits per heavy atom. The molecule has 2 heterocycles. The van der Waals surface area contributed by atoms with Gasteiger partial charge in [0.15, 0.2) is 10.9 Å². The molecule has 0 saturated heterocycles. The predicted molar refractivity (Wildman–Crippen MR) is 110 cm³/mol. The molecule has 0 bridgehead atoms. The predicted octanol–water partition coefficient (Wildman–Crippen LogP) is 4.57. The fourth-order valence-corrected chi connectivity index (χ4v) is 3.46. The van der Waals surface area contributed by atoms with Gasteiger partial charge in [-0.05, 0) is 43.3 Å². The maximum atomic E-state index is 12.3. The van der Waals surface area contributed by atoms with Crippen molar-refractivity contribution < 1.29 is 9.21 Å². The highest BCUT2D eigenvalue weighted by atomic mass is 32.2. The second-order valence-corrected chi connectivity index (χ2v) is 7.10. The number of nitrogens with one attached hydrogen (secondary N) is 1. The minimum absolute atomic E-state index is 0.103. The summed E-state index contributed by atoms with van der Waals surface area (Å²) in [7, 11) is 0. The Balaban J connectivity index is 1.58. The van der Waals surface area contributed by atoms with Crippen molar-refractivity contribution in [1.82, 2.24) is 14.8 Å². The summed E-state index contributed by atoms with van der Waals surface area (Å²) in [5, 5.41) is 12.1. The molecule has 7 heteroatoms. The number of para-hydroxylation sites is 1. The van der Waals surface area contributed by atoms with Crippen molar-refractivity contribution >= 4 is 23.4 Å².